The molecule has 1 aliphatic carbocycles. The van der Waals surface area contributed by atoms with Crippen LogP contribution in [-0.2, 0) is 4.79 Å². The van der Waals surface area contributed by atoms with Crippen molar-refractivity contribution in [2.45, 2.75) is 33.1 Å². The molecule has 0 aromatic heterocycles. The highest BCUT2D eigenvalue weighted by Gasteiger charge is 2.42. The van der Waals surface area contributed by atoms with Crippen LogP contribution in [0.2, 0.25) is 0 Å². The molecular weight excluding hydrogens is 128 g/mol. The van der Waals surface area contributed by atoms with E-state index < -0.39 is 11.4 Å². The van der Waals surface area contributed by atoms with Crippen molar-refractivity contribution in [3.8, 4) is 0 Å². The summed E-state index contributed by atoms with van der Waals surface area (Å²) in [6.45, 7) is 3.88. The number of carboxylic acids is 1. The molecule has 0 spiro atoms. The fourth-order valence-corrected chi connectivity index (χ4v) is 1.66. The molecule has 10 heavy (non-hydrogen) atoms. The zero-order valence-corrected chi connectivity index (χ0v) is 6.55. The molecule has 0 aliphatic heterocycles. The Morgan fingerprint density at radius 3 is 2.50 bits per heavy atom. The molecule has 1 saturated carbocycles. The number of aliphatic carboxylic acids is 1. The van der Waals surface area contributed by atoms with Gasteiger partial charge in [-0.2, -0.15) is 0 Å². The van der Waals surface area contributed by atoms with Gasteiger partial charge in [-0.15, -0.1) is 0 Å². The third-order valence-electron chi connectivity index (χ3n) is 2.91. The van der Waals surface area contributed by atoms with Crippen LogP contribution in [0.25, 0.3) is 0 Å². The Bertz CT molecular complexity index is 153. The van der Waals surface area contributed by atoms with Crippen LogP contribution in [-0.4, -0.2) is 11.1 Å². The number of rotatable bonds is 1. The molecule has 1 N–H and O–H groups in total. The molecule has 0 aromatic carbocycles. The molecule has 1 rings (SSSR count). The van der Waals surface area contributed by atoms with E-state index in [1.807, 2.05) is 13.8 Å². The van der Waals surface area contributed by atoms with Crippen molar-refractivity contribution < 1.29 is 9.90 Å². The van der Waals surface area contributed by atoms with Crippen molar-refractivity contribution in [3.63, 3.8) is 0 Å². The second-order valence-electron chi connectivity index (χ2n) is 3.52. The predicted octanol–water partition coefficient (Wildman–Crippen LogP) is 1.90. The minimum atomic E-state index is -0.627. The fourth-order valence-electron chi connectivity index (χ4n) is 1.66. The van der Waals surface area contributed by atoms with Crippen molar-refractivity contribution in [3.05, 3.63) is 0 Å². The van der Waals surface area contributed by atoms with Crippen molar-refractivity contribution in [2.75, 3.05) is 0 Å². The third kappa shape index (κ3) is 0.917. The van der Waals surface area contributed by atoms with Crippen LogP contribution >= 0.6 is 0 Å². The van der Waals surface area contributed by atoms with Crippen LogP contribution in [0.3, 0.4) is 0 Å². The van der Waals surface area contributed by atoms with Crippen LogP contribution in [0.15, 0.2) is 0 Å². The van der Waals surface area contributed by atoms with E-state index in [-0.39, 0.29) is 0 Å². The maximum atomic E-state index is 10.7. The second kappa shape index (κ2) is 2.26. The number of hydrogen-bond acceptors (Lipinski definition) is 1. The average Bonchev–Trinajstić information content (AvgIpc) is 2.15. The summed E-state index contributed by atoms with van der Waals surface area (Å²) in [4.78, 5) is 10.7. The summed E-state index contributed by atoms with van der Waals surface area (Å²) >= 11 is 0. The van der Waals surface area contributed by atoms with Gasteiger partial charge in [0.15, 0.2) is 0 Å². The summed E-state index contributed by atoms with van der Waals surface area (Å²) in [7, 11) is 0. The molecule has 0 heterocycles. The van der Waals surface area contributed by atoms with Gasteiger partial charge in [0.2, 0.25) is 0 Å². The first-order chi connectivity index (χ1) is 4.57. The summed E-state index contributed by atoms with van der Waals surface area (Å²) in [5.41, 5.74) is -0.431. The summed E-state index contributed by atoms with van der Waals surface area (Å²) in [5.74, 6) is -0.275. The first kappa shape index (κ1) is 7.58. The molecule has 0 amide bonds. The number of hydrogen-bond donors (Lipinski definition) is 1. The van der Waals surface area contributed by atoms with Gasteiger partial charge in [-0.05, 0) is 25.7 Å². The van der Waals surface area contributed by atoms with Crippen molar-refractivity contribution in [2.24, 2.45) is 11.3 Å². The van der Waals surface area contributed by atoms with Gasteiger partial charge in [0.1, 0.15) is 0 Å². The topological polar surface area (TPSA) is 37.3 Å². The molecule has 2 atom stereocenters. The van der Waals surface area contributed by atoms with E-state index in [9.17, 15) is 4.79 Å². The van der Waals surface area contributed by atoms with Gasteiger partial charge >= 0.3 is 5.97 Å². The van der Waals surface area contributed by atoms with E-state index in [1.165, 1.54) is 0 Å². The molecular formula is C8H14O2. The molecule has 58 valence electrons. The molecule has 0 radical (unpaired) electrons. The molecule has 1 aliphatic rings. The lowest BCUT2D eigenvalue weighted by Gasteiger charge is -2.22. The van der Waals surface area contributed by atoms with Gasteiger partial charge in [-0.3, -0.25) is 4.79 Å². The van der Waals surface area contributed by atoms with Crippen LogP contribution < -0.4 is 0 Å². The summed E-state index contributed by atoms with van der Waals surface area (Å²) in [6, 6.07) is 0. The van der Waals surface area contributed by atoms with Gasteiger partial charge in [-0.1, -0.05) is 13.3 Å². The number of carboxylic acid groups (broad SMARTS) is 1. The monoisotopic (exact) mass is 142 g/mol. The molecule has 2 heteroatoms. The Balaban J connectivity index is 2.75. The standard InChI is InChI=1S/C8H14O2/c1-6-4-3-5-8(6,2)7(9)10/h6H,3-5H2,1-2H3,(H,9,10)/t6-,8-/m1/s1. The van der Waals surface area contributed by atoms with Crippen LogP contribution in [0.1, 0.15) is 33.1 Å². The Morgan fingerprint density at radius 2 is 2.30 bits per heavy atom. The van der Waals surface area contributed by atoms with Gasteiger partial charge in [-0.25, -0.2) is 0 Å². The van der Waals surface area contributed by atoms with E-state index in [4.69, 9.17) is 5.11 Å². The van der Waals surface area contributed by atoms with E-state index in [0.29, 0.717) is 5.92 Å². The normalized spacial score (nSPS) is 40.0. The molecule has 0 unspecified atom stereocenters. The lowest BCUT2D eigenvalue weighted by molar-refractivity contribution is -0.149. The van der Waals surface area contributed by atoms with E-state index in [2.05, 4.69) is 0 Å². The summed E-state index contributed by atoms with van der Waals surface area (Å²) in [6.07, 6.45) is 3.00. The highest BCUT2D eigenvalue weighted by molar-refractivity contribution is 5.74. The Hall–Kier alpha value is -0.530. The Morgan fingerprint density at radius 1 is 1.70 bits per heavy atom. The Labute approximate surface area is 61.2 Å². The lowest BCUT2D eigenvalue weighted by Crippen LogP contribution is -2.29. The molecule has 0 saturated heterocycles. The number of carbonyl (C=O) groups is 1. The molecule has 2 nitrogen and oxygen atoms in total. The second-order valence-corrected chi connectivity index (χ2v) is 3.52. The fraction of sp³-hybridized carbons (Fsp3) is 0.875. The third-order valence-corrected chi connectivity index (χ3v) is 2.91. The summed E-state index contributed by atoms with van der Waals surface area (Å²) in [5, 5.41) is 8.84. The van der Waals surface area contributed by atoms with Crippen LogP contribution in [0.5, 0.6) is 0 Å². The van der Waals surface area contributed by atoms with Crippen LogP contribution in [0.4, 0.5) is 0 Å². The maximum absolute atomic E-state index is 10.7. The minimum Gasteiger partial charge on any atom is -0.481 e. The highest BCUT2D eigenvalue weighted by Crippen LogP contribution is 2.42. The van der Waals surface area contributed by atoms with Gasteiger partial charge < -0.3 is 5.11 Å². The Kier molecular flexibility index (Phi) is 1.71. The zero-order valence-electron chi connectivity index (χ0n) is 6.55. The van der Waals surface area contributed by atoms with Crippen molar-refractivity contribution in [1.29, 1.82) is 0 Å². The van der Waals surface area contributed by atoms with Crippen molar-refractivity contribution in [1.82, 2.24) is 0 Å². The van der Waals surface area contributed by atoms with E-state index in [0.717, 1.165) is 19.3 Å². The first-order valence-corrected chi connectivity index (χ1v) is 3.81. The van der Waals surface area contributed by atoms with E-state index in [1.54, 1.807) is 0 Å². The van der Waals surface area contributed by atoms with Gasteiger partial charge in [0, 0.05) is 0 Å². The maximum Gasteiger partial charge on any atom is 0.309 e. The van der Waals surface area contributed by atoms with E-state index >= 15 is 0 Å². The van der Waals surface area contributed by atoms with Gasteiger partial charge in [0.25, 0.3) is 0 Å². The highest BCUT2D eigenvalue weighted by atomic mass is 16.4. The summed E-state index contributed by atoms with van der Waals surface area (Å²) < 4.78 is 0. The van der Waals surface area contributed by atoms with Crippen LogP contribution in [0, 0.1) is 11.3 Å². The zero-order chi connectivity index (χ0) is 7.78. The van der Waals surface area contributed by atoms with Gasteiger partial charge in [0.05, 0.1) is 5.41 Å². The SMILES string of the molecule is C[C@@H]1CCC[C@@]1(C)C(=O)O. The quantitative estimate of drug-likeness (QED) is 0.607. The molecule has 1 fully saturated rings. The molecule has 0 bridgehead atoms. The predicted molar refractivity (Wildman–Crippen MR) is 38.8 cm³/mol. The average molecular weight is 142 g/mol. The smallest absolute Gasteiger partial charge is 0.309 e. The molecule has 0 aromatic rings. The lowest BCUT2D eigenvalue weighted by atomic mass is 9.81. The minimum absolute atomic E-state index is 0.352. The first-order valence-electron chi connectivity index (χ1n) is 3.81. The largest absolute Gasteiger partial charge is 0.481 e. The van der Waals surface area contributed by atoms with Crippen molar-refractivity contribution >= 4 is 5.97 Å².